The van der Waals surface area contributed by atoms with E-state index in [4.69, 9.17) is 0 Å². The predicted octanol–water partition coefficient (Wildman–Crippen LogP) is 1.34. The first-order valence-electron chi connectivity index (χ1n) is 7.91. The highest BCUT2D eigenvalue weighted by atomic mass is 16.2. The van der Waals surface area contributed by atoms with Gasteiger partial charge in [-0.05, 0) is 47.5 Å². The fraction of sp³-hybridized carbons (Fsp3) is 0.312. The first-order valence-corrected chi connectivity index (χ1v) is 7.91. The monoisotopic (exact) mass is 323 g/mol. The lowest BCUT2D eigenvalue weighted by atomic mass is 10.0. The summed E-state index contributed by atoms with van der Waals surface area (Å²) >= 11 is 0. The summed E-state index contributed by atoms with van der Waals surface area (Å²) in [4.78, 5) is 18.8. The Balaban J connectivity index is 1.49. The van der Waals surface area contributed by atoms with Crippen LogP contribution in [0.5, 0.6) is 0 Å². The van der Waals surface area contributed by atoms with Crippen LogP contribution in [0.1, 0.15) is 29.2 Å². The van der Waals surface area contributed by atoms with Crippen LogP contribution in [0.4, 0.5) is 0 Å². The zero-order valence-corrected chi connectivity index (χ0v) is 13.1. The van der Waals surface area contributed by atoms with E-state index in [2.05, 4.69) is 25.1 Å². The van der Waals surface area contributed by atoms with E-state index in [1.165, 1.54) is 6.33 Å². The van der Waals surface area contributed by atoms with Gasteiger partial charge in [-0.2, -0.15) is 0 Å². The van der Waals surface area contributed by atoms with Gasteiger partial charge in [0.1, 0.15) is 6.33 Å². The Morgan fingerprint density at radius 2 is 2.04 bits per heavy atom. The number of rotatable bonds is 3. The predicted molar refractivity (Wildman–Crippen MR) is 85.6 cm³/mol. The van der Waals surface area contributed by atoms with Gasteiger partial charge in [0.05, 0.1) is 18.1 Å². The highest BCUT2D eigenvalue weighted by molar-refractivity contribution is 5.94. The molecule has 0 bridgehead atoms. The molecule has 2 aromatic heterocycles. The van der Waals surface area contributed by atoms with Crippen LogP contribution >= 0.6 is 0 Å². The number of carbonyl (C=O) groups is 1. The summed E-state index contributed by atoms with van der Waals surface area (Å²) in [5.74, 6) is 0.0584. The standard InChI is InChI=1S/C16H17N7O/c24-16(13-3-5-14(6-4-13)23-12-18-19-20-23)21-8-1-2-15(10-21)22-9-7-17-11-22/h3-7,9,11-12,15H,1-2,8,10H2/t15-/m0/s1. The van der Waals surface area contributed by atoms with Crippen molar-refractivity contribution in [2.75, 3.05) is 13.1 Å². The maximum atomic E-state index is 12.8. The van der Waals surface area contributed by atoms with Crippen molar-refractivity contribution < 1.29 is 4.79 Å². The lowest BCUT2D eigenvalue weighted by Gasteiger charge is -2.33. The van der Waals surface area contributed by atoms with E-state index in [1.54, 1.807) is 10.9 Å². The summed E-state index contributed by atoms with van der Waals surface area (Å²) in [5, 5.41) is 11.1. The van der Waals surface area contributed by atoms with Gasteiger partial charge in [0.15, 0.2) is 0 Å². The van der Waals surface area contributed by atoms with Gasteiger partial charge in [-0.3, -0.25) is 4.79 Å². The van der Waals surface area contributed by atoms with Gasteiger partial charge in [-0.25, -0.2) is 9.67 Å². The molecule has 0 radical (unpaired) electrons. The molecule has 1 aromatic carbocycles. The van der Waals surface area contributed by atoms with Crippen LogP contribution in [0.25, 0.3) is 5.69 Å². The Bertz CT molecular complexity index is 796. The molecule has 8 nitrogen and oxygen atoms in total. The molecule has 24 heavy (non-hydrogen) atoms. The van der Waals surface area contributed by atoms with Crippen LogP contribution in [0, 0.1) is 0 Å². The van der Waals surface area contributed by atoms with E-state index in [9.17, 15) is 4.79 Å². The minimum absolute atomic E-state index is 0.0584. The summed E-state index contributed by atoms with van der Waals surface area (Å²) in [6.45, 7) is 1.50. The largest absolute Gasteiger partial charge is 0.337 e. The number of benzene rings is 1. The molecule has 8 heteroatoms. The lowest BCUT2D eigenvalue weighted by molar-refractivity contribution is 0.0679. The van der Waals surface area contributed by atoms with Gasteiger partial charge in [0.2, 0.25) is 0 Å². The fourth-order valence-electron chi connectivity index (χ4n) is 3.09. The van der Waals surface area contributed by atoms with Gasteiger partial charge in [-0.1, -0.05) is 0 Å². The minimum Gasteiger partial charge on any atom is -0.337 e. The summed E-state index contributed by atoms with van der Waals surface area (Å²) < 4.78 is 3.64. The number of tetrazole rings is 1. The van der Waals surface area contributed by atoms with Crippen LogP contribution < -0.4 is 0 Å². The molecule has 3 heterocycles. The molecule has 0 spiro atoms. The van der Waals surface area contributed by atoms with Gasteiger partial charge in [0, 0.05) is 31.0 Å². The van der Waals surface area contributed by atoms with Crippen molar-refractivity contribution in [3.05, 3.63) is 54.9 Å². The molecule has 4 rings (SSSR count). The molecule has 0 N–H and O–H groups in total. The Hall–Kier alpha value is -3.03. The summed E-state index contributed by atoms with van der Waals surface area (Å²) in [7, 11) is 0. The maximum Gasteiger partial charge on any atom is 0.253 e. The highest BCUT2D eigenvalue weighted by Crippen LogP contribution is 2.22. The van der Waals surface area contributed by atoms with Gasteiger partial charge < -0.3 is 9.47 Å². The normalized spacial score (nSPS) is 17.8. The van der Waals surface area contributed by atoms with Crippen molar-refractivity contribution in [1.82, 2.24) is 34.7 Å². The number of hydrogen-bond donors (Lipinski definition) is 0. The molecular formula is C16H17N7O. The molecule has 0 aliphatic carbocycles. The van der Waals surface area contributed by atoms with Crippen molar-refractivity contribution in [1.29, 1.82) is 0 Å². The highest BCUT2D eigenvalue weighted by Gasteiger charge is 2.25. The lowest BCUT2D eigenvalue weighted by Crippen LogP contribution is -2.40. The maximum absolute atomic E-state index is 12.8. The number of carbonyl (C=O) groups excluding carboxylic acids is 1. The second-order valence-corrected chi connectivity index (χ2v) is 5.86. The summed E-state index contributed by atoms with van der Waals surface area (Å²) in [6.07, 6.45) is 9.14. The SMILES string of the molecule is O=C(c1ccc(-n2cnnn2)cc1)N1CCC[C@H](n2ccnc2)C1. The molecule has 3 aromatic rings. The van der Waals surface area contributed by atoms with E-state index in [-0.39, 0.29) is 5.91 Å². The Morgan fingerprint density at radius 1 is 1.17 bits per heavy atom. The Labute approximate surface area is 138 Å². The van der Waals surface area contributed by atoms with Crippen molar-refractivity contribution >= 4 is 5.91 Å². The van der Waals surface area contributed by atoms with Crippen LogP contribution in [0.15, 0.2) is 49.3 Å². The van der Waals surface area contributed by atoms with Crippen LogP contribution in [-0.4, -0.2) is 53.7 Å². The molecule has 0 saturated carbocycles. The van der Waals surface area contributed by atoms with Crippen LogP contribution in [0.3, 0.4) is 0 Å². The van der Waals surface area contributed by atoms with Gasteiger partial charge in [-0.15, -0.1) is 5.10 Å². The Kier molecular flexibility index (Phi) is 3.78. The topological polar surface area (TPSA) is 81.7 Å². The quantitative estimate of drug-likeness (QED) is 0.726. The third-order valence-corrected chi connectivity index (χ3v) is 4.36. The molecule has 1 atom stereocenters. The van der Waals surface area contributed by atoms with Crippen molar-refractivity contribution in [3.8, 4) is 5.69 Å². The average Bonchev–Trinajstić information content (AvgIpc) is 3.35. The number of nitrogens with zero attached hydrogens (tertiary/aromatic N) is 7. The first kappa shape index (κ1) is 14.6. The molecule has 1 aliphatic heterocycles. The number of likely N-dealkylation sites (tertiary alicyclic amines) is 1. The molecule has 0 unspecified atom stereocenters. The molecule has 1 fully saturated rings. The second-order valence-electron chi connectivity index (χ2n) is 5.86. The van der Waals surface area contributed by atoms with Gasteiger partial charge in [0.25, 0.3) is 5.91 Å². The van der Waals surface area contributed by atoms with Crippen LogP contribution in [-0.2, 0) is 0 Å². The first-order chi connectivity index (χ1) is 11.8. The third kappa shape index (κ3) is 2.78. The van der Waals surface area contributed by atoms with E-state index in [0.29, 0.717) is 18.2 Å². The van der Waals surface area contributed by atoms with Crippen molar-refractivity contribution in [2.24, 2.45) is 0 Å². The summed E-state index contributed by atoms with van der Waals surface area (Å²) in [5.41, 5.74) is 1.50. The van der Waals surface area contributed by atoms with Gasteiger partial charge >= 0.3 is 0 Å². The molecule has 1 aliphatic rings. The minimum atomic E-state index is 0.0584. The van der Waals surface area contributed by atoms with Crippen molar-refractivity contribution in [3.63, 3.8) is 0 Å². The third-order valence-electron chi connectivity index (χ3n) is 4.36. The number of piperidine rings is 1. The fourth-order valence-corrected chi connectivity index (χ4v) is 3.09. The molecule has 1 amide bonds. The number of amides is 1. The smallest absolute Gasteiger partial charge is 0.253 e. The van der Waals surface area contributed by atoms with E-state index >= 15 is 0 Å². The van der Waals surface area contributed by atoms with Crippen molar-refractivity contribution in [2.45, 2.75) is 18.9 Å². The van der Waals surface area contributed by atoms with E-state index < -0.39 is 0 Å². The second kappa shape index (κ2) is 6.23. The Morgan fingerprint density at radius 3 is 2.75 bits per heavy atom. The molecule has 122 valence electrons. The number of hydrogen-bond acceptors (Lipinski definition) is 5. The summed E-state index contributed by atoms with van der Waals surface area (Å²) in [6, 6.07) is 7.63. The number of imidazole rings is 1. The molecular weight excluding hydrogens is 306 g/mol. The van der Waals surface area contributed by atoms with E-state index in [0.717, 1.165) is 25.1 Å². The average molecular weight is 323 g/mol. The molecule has 1 saturated heterocycles. The zero-order valence-electron chi connectivity index (χ0n) is 13.1. The number of aromatic nitrogens is 6. The zero-order chi connectivity index (χ0) is 16.4. The van der Waals surface area contributed by atoms with Crippen LogP contribution in [0.2, 0.25) is 0 Å². The van der Waals surface area contributed by atoms with E-state index in [1.807, 2.05) is 41.7 Å².